The molecule has 28 heavy (non-hydrogen) atoms. The molecule has 0 unspecified atom stereocenters. The fourth-order valence-electron chi connectivity index (χ4n) is 3.41. The first kappa shape index (κ1) is 20.4. The number of carbonyl (C=O) groups excluding carboxylic acids is 2. The zero-order valence-corrected chi connectivity index (χ0v) is 16.7. The maximum absolute atomic E-state index is 12.6. The van der Waals surface area contributed by atoms with Gasteiger partial charge in [-0.05, 0) is 81.4 Å². The highest BCUT2D eigenvalue weighted by Crippen LogP contribution is 2.23. The van der Waals surface area contributed by atoms with Gasteiger partial charge in [0.25, 0.3) is 0 Å². The van der Waals surface area contributed by atoms with Crippen LogP contribution in [0, 0.1) is 5.92 Å². The lowest BCUT2D eigenvalue weighted by Gasteiger charge is -2.30. The van der Waals surface area contributed by atoms with Gasteiger partial charge >= 0.3 is 0 Å². The Hall–Kier alpha value is -2.37. The second-order valence-corrected chi connectivity index (χ2v) is 7.36. The zero-order valence-electron chi connectivity index (χ0n) is 16.0. The van der Waals surface area contributed by atoms with Gasteiger partial charge in [0.1, 0.15) is 5.75 Å². The average Bonchev–Trinajstić information content (AvgIpc) is 2.70. The number of rotatable bonds is 7. The Morgan fingerprint density at radius 1 is 1.07 bits per heavy atom. The lowest BCUT2D eigenvalue weighted by molar-refractivity contribution is -0.117. The topological polar surface area (TPSA) is 58.6 Å². The third-order valence-corrected chi connectivity index (χ3v) is 5.16. The Morgan fingerprint density at radius 3 is 2.32 bits per heavy atom. The summed E-state index contributed by atoms with van der Waals surface area (Å²) in [5, 5.41) is 3.54. The SMILES string of the molecule is CCOc1ccc(NC(=O)CN2CCC(C(=O)c3ccc(Cl)cc3)CC2)cc1. The van der Waals surface area contributed by atoms with Crippen LogP contribution >= 0.6 is 11.6 Å². The van der Waals surface area contributed by atoms with E-state index in [1.807, 2.05) is 31.2 Å². The fraction of sp³-hybridized carbons (Fsp3) is 0.364. The van der Waals surface area contributed by atoms with Crippen molar-refractivity contribution in [3.63, 3.8) is 0 Å². The van der Waals surface area contributed by atoms with Gasteiger partial charge in [0.15, 0.2) is 5.78 Å². The highest BCUT2D eigenvalue weighted by Gasteiger charge is 2.26. The van der Waals surface area contributed by atoms with Crippen LogP contribution < -0.4 is 10.1 Å². The van der Waals surface area contributed by atoms with Gasteiger partial charge in [0.2, 0.25) is 5.91 Å². The minimum absolute atomic E-state index is 0.00611. The summed E-state index contributed by atoms with van der Waals surface area (Å²) in [6, 6.07) is 14.4. The van der Waals surface area contributed by atoms with E-state index in [4.69, 9.17) is 16.3 Å². The zero-order chi connectivity index (χ0) is 19.9. The van der Waals surface area contributed by atoms with Crippen LogP contribution in [0.3, 0.4) is 0 Å². The summed E-state index contributed by atoms with van der Waals surface area (Å²) in [5.74, 6) is 0.904. The molecule has 0 saturated carbocycles. The van der Waals surface area contributed by atoms with E-state index >= 15 is 0 Å². The molecular formula is C22H25ClN2O3. The molecule has 2 aromatic rings. The second-order valence-electron chi connectivity index (χ2n) is 6.93. The third-order valence-electron chi connectivity index (χ3n) is 4.90. The fourth-order valence-corrected chi connectivity index (χ4v) is 3.53. The van der Waals surface area contributed by atoms with E-state index in [9.17, 15) is 9.59 Å². The lowest BCUT2D eigenvalue weighted by Crippen LogP contribution is -2.40. The summed E-state index contributed by atoms with van der Waals surface area (Å²) >= 11 is 5.89. The van der Waals surface area contributed by atoms with Crippen molar-refractivity contribution in [2.24, 2.45) is 5.92 Å². The van der Waals surface area contributed by atoms with E-state index in [0.29, 0.717) is 23.7 Å². The number of piperidine rings is 1. The minimum atomic E-state index is -0.0494. The molecule has 1 aliphatic heterocycles. The van der Waals surface area contributed by atoms with Gasteiger partial charge in [0, 0.05) is 22.2 Å². The number of anilines is 1. The van der Waals surface area contributed by atoms with Crippen LogP contribution in [0.1, 0.15) is 30.1 Å². The Morgan fingerprint density at radius 2 is 1.71 bits per heavy atom. The first-order valence-electron chi connectivity index (χ1n) is 9.60. The smallest absolute Gasteiger partial charge is 0.238 e. The summed E-state index contributed by atoms with van der Waals surface area (Å²) < 4.78 is 5.40. The Labute approximate surface area is 170 Å². The van der Waals surface area contributed by atoms with Crippen molar-refractivity contribution in [3.8, 4) is 5.75 Å². The van der Waals surface area contributed by atoms with Crippen LogP contribution in [0.15, 0.2) is 48.5 Å². The number of Topliss-reactive ketones (excluding diaryl/α,β-unsaturated/α-hetero) is 1. The highest BCUT2D eigenvalue weighted by atomic mass is 35.5. The molecule has 0 spiro atoms. The van der Waals surface area contributed by atoms with E-state index in [2.05, 4.69) is 10.2 Å². The molecule has 3 rings (SSSR count). The molecule has 1 heterocycles. The first-order chi connectivity index (χ1) is 13.5. The molecule has 0 radical (unpaired) electrons. The number of nitrogens with one attached hydrogen (secondary N) is 1. The van der Waals surface area contributed by atoms with E-state index in [-0.39, 0.29) is 17.6 Å². The summed E-state index contributed by atoms with van der Waals surface area (Å²) in [6.45, 7) is 4.35. The lowest BCUT2D eigenvalue weighted by atomic mass is 9.89. The number of hydrogen-bond donors (Lipinski definition) is 1. The largest absolute Gasteiger partial charge is 0.494 e. The van der Waals surface area contributed by atoms with Crippen LogP contribution in [0.5, 0.6) is 5.75 Å². The number of benzene rings is 2. The number of amides is 1. The van der Waals surface area contributed by atoms with Gasteiger partial charge in [-0.1, -0.05) is 11.6 Å². The summed E-state index contributed by atoms with van der Waals surface area (Å²) in [5.41, 5.74) is 1.46. The Kier molecular flexibility index (Phi) is 7.06. The number of nitrogens with zero attached hydrogens (tertiary/aromatic N) is 1. The van der Waals surface area contributed by atoms with Gasteiger partial charge in [-0.15, -0.1) is 0 Å². The molecule has 1 amide bonds. The summed E-state index contributed by atoms with van der Waals surface area (Å²) in [6.07, 6.45) is 1.52. The van der Waals surface area contributed by atoms with E-state index in [1.165, 1.54) is 0 Å². The van der Waals surface area contributed by atoms with Crippen LogP contribution in [-0.2, 0) is 4.79 Å². The molecule has 1 aliphatic rings. The number of halogens is 1. The van der Waals surface area contributed by atoms with Gasteiger partial charge < -0.3 is 10.1 Å². The van der Waals surface area contributed by atoms with Crippen molar-refractivity contribution < 1.29 is 14.3 Å². The molecule has 1 fully saturated rings. The number of likely N-dealkylation sites (tertiary alicyclic amines) is 1. The molecule has 0 bridgehead atoms. The number of hydrogen-bond acceptors (Lipinski definition) is 4. The summed E-state index contributed by atoms with van der Waals surface area (Å²) in [4.78, 5) is 27.0. The van der Waals surface area contributed by atoms with Crippen molar-refractivity contribution in [1.29, 1.82) is 0 Å². The van der Waals surface area contributed by atoms with Gasteiger partial charge in [-0.2, -0.15) is 0 Å². The predicted octanol–water partition coefficient (Wildman–Crippen LogP) is 4.27. The van der Waals surface area contributed by atoms with Gasteiger partial charge in [-0.25, -0.2) is 0 Å². The minimum Gasteiger partial charge on any atom is -0.494 e. The Bertz CT molecular complexity index is 798. The number of ether oxygens (including phenoxy) is 1. The molecule has 6 heteroatoms. The predicted molar refractivity (Wildman–Crippen MR) is 111 cm³/mol. The molecular weight excluding hydrogens is 376 g/mol. The normalized spacial score (nSPS) is 15.2. The van der Waals surface area contributed by atoms with Gasteiger partial charge in [-0.3, -0.25) is 14.5 Å². The summed E-state index contributed by atoms with van der Waals surface area (Å²) in [7, 11) is 0. The molecule has 148 valence electrons. The van der Waals surface area contributed by atoms with Crippen molar-refractivity contribution in [2.45, 2.75) is 19.8 Å². The maximum atomic E-state index is 12.6. The number of ketones is 1. The van der Waals surface area contributed by atoms with Crippen LogP contribution in [0.25, 0.3) is 0 Å². The van der Waals surface area contributed by atoms with E-state index in [1.54, 1.807) is 24.3 Å². The first-order valence-corrected chi connectivity index (χ1v) is 9.98. The molecule has 1 N–H and O–H groups in total. The second kappa shape index (κ2) is 9.71. The van der Waals surface area contributed by atoms with Crippen molar-refractivity contribution in [3.05, 3.63) is 59.1 Å². The standard InChI is InChI=1S/C22H25ClN2O3/c1-2-28-20-9-7-19(8-10-20)24-21(26)15-25-13-11-17(12-14-25)22(27)16-3-5-18(23)6-4-16/h3-10,17H,2,11-15H2,1H3,(H,24,26). The monoisotopic (exact) mass is 400 g/mol. The molecule has 5 nitrogen and oxygen atoms in total. The maximum Gasteiger partial charge on any atom is 0.238 e. The number of carbonyl (C=O) groups is 2. The van der Waals surface area contributed by atoms with E-state index in [0.717, 1.165) is 37.4 Å². The van der Waals surface area contributed by atoms with E-state index < -0.39 is 0 Å². The third kappa shape index (κ3) is 5.57. The molecule has 1 saturated heterocycles. The van der Waals surface area contributed by atoms with Crippen LogP contribution in [0.4, 0.5) is 5.69 Å². The average molecular weight is 401 g/mol. The molecule has 0 atom stereocenters. The van der Waals surface area contributed by atoms with Crippen molar-refractivity contribution >= 4 is 29.0 Å². The molecule has 0 aromatic heterocycles. The quantitative estimate of drug-likeness (QED) is 0.705. The highest BCUT2D eigenvalue weighted by molar-refractivity contribution is 6.30. The molecule has 2 aromatic carbocycles. The van der Waals surface area contributed by atoms with Crippen LogP contribution in [0.2, 0.25) is 5.02 Å². The van der Waals surface area contributed by atoms with Gasteiger partial charge in [0.05, 0.1) is 13.2 Å². The van der Waals surface area contributed by atoms with Crippen LogP contribution in [-0.4, -0.2) is 42.8 Å². The molecule has 0 aliphatic carbocycles. The Balaban J connectivity index is 1.45. The van der Waals surface area contributed by atoms with Crippen molar-refractivity contribution in [1.82, 2.24) is 4.90 Å². The van der Waals surface area contributed by atoms with Crippen molar-refractivity contribution in [2.75, 3.05) is 31.6 Å².